The van der Waals surface area contributed by atoms with E-state index in [2.05, 4.69) is 27.6 Å². The number of nitrogens with zero attached hydrogens (tertiary/aromatic N) is 2. The van der Waals surface area contributed by atoms with Gasteiger partial charge in [0, 0.05) is 0 Å². The minimum atomic E-state index is -2.09. The highest BCUT2D eigenvalue weighted by Gasteiger charge is 2.50. The first kappa shape index (κ1) is 19.1. The summed E-state index contributed by atoms with van der Waals surface area (Å²) in [6, 6.07) is 5.29. The molecule has 2 rings (SSSR count). The first-order chi connectivity index (χ1) is 11.0. The molecule has 0 spiro atoms. The number of esters is 1. The predicted octanol–water partition coefficient (Wildman–Crippen LogP) is 1.51. The van der Waals surface area contributed by atoms with E-state index in [0.29, 0.717) is 12.4 Å². The summed E-state index contributed by atoms with van der Waals surface area (Å²) in [5.74, 6) is -0.961. The Morgan fingerprint density at radius 1 is 1.42 bits per heavy atom. The van der Waals surface area contributed by atoms with Crippen LogP contribution in [0, 0.1) is 3.70 Å². The van der Waals surface area contributed by atoms with Gasteiger partial charge in [0.2, 0.25) is 0 Å². The molecule has 1 aromatic heterocycles. The van der Waals surface area contributed by atoms with Crippen molar-refractivity contribution in [2.24, 2.45) is 0 Å². The molecular weight excluding hydrogens is 427 g/mol. The van der Waals surface area contributed by atoms with Gasteiger partial charge >= 0.3 is 5.97 Å². The van der Waals surface area contributed by atoms with Crippen LogP contribution in [-0.2, 0) is 19.1 Å². The number of hydrogen-bond donors (Lipinski definition) is 1. The minimum Gasteiger partial charge on any atom is -0.458 e. The van der Waals surface area contributed by atoms with Crippen LogP contribution in [0.1, 0.15) is 27.7 Å². The topological polar surface area (TPSA) is 89.0 Å². The van der Waals surface area contributed by atoms with Crippen LogP contribution in [0.5, 0.6) is 0 Å². The predicted molar refractivity (Wildman–Crippen MR) is 95.5 cm³/mol. The quantitative estimate of drug-likeness (QED) is 0.429. The Bertz CT molecular complexity index is 642. The van der Waals surface area contributed by atoms with Gasteiger partial charge in [0.1, 0.15) is 15.1 Å². The monoisotopic (exact) mass is 448 g/mol. The zero-order valence-electron chi connectivity index (χ0n) is 14.1. The fourth-order valence-electron chi connectivity index (χ4n) is 2.25. The summed E-state index contributed by atoms with van der Waals surface area (Å²) in [5.41, 5.74) is -2.87. The smallest absolute Gasteiger partial charge is 0.341 e. The highest BCUT2D eigenvalue weighted by molar-refractivity contribution is 14.1. The van der Waals surface area contributed by atoms with Gasteiger partial charge in [-0.3, -0.25) is 9.69 Å². The average molecular weight is 448 g/mol. The van der Waals surface area contributed by atoms with E-state index in [1.165, 1.54) is 11.8 Å². The largest absolute Gasteiger partial charge is 0.458 e. The molecule has 0 bridgehead atoms. The number of ether oxygens (including phenoxy) is 2. The molecule has 0 radical (unpaired) electrons. The fraction of sp³-hybridized carbons (Fsp3) is 0.562. The number of hydrogen-bond acceptors (Lipinski definition) is 6. The summed E-state index contributed by atoms with van der Waals surface area (Å²) in [7, 11) is 0. The maximum Gasteiger partial charge on any atom is 0.341 e. The lowest BCUT2D eigenvalue weighted by molar-refractivity contribution is -0.194. The Hall–Kier alpha value is -1.26. The van der Waals surface area contributed by atoms with Gasteiger partial charge in [-0.15, -0.1) is 0 Å². The van der Waals surface area contributed by atoms with Gasteiger partial charge in [0.25, 0.3) is 5.91 Å². The molecule has 0 unspecified atom stereocenters. The zero-order chi connectivity index (χ0) is 18.1. The number of halogens is 1. The summed E-state index contributed by atoms with van der Waals surface area (Å²) in [4.78, 5) is 30.7. The Labute approximate surface area is 154 Å². The molecule has 0 aromatic carbocycles. The van der Waals surface area contributed by atoms with Crippen LogP contribution in [-0.4, -0.2) is 52.4 Å². The van der Waals surface area contributed by atoms with Crippen molar-refractivity contribution in [3.63, 3.8) is 0 Å². The standard InChI is InChI=1S/C16H21IN2O5/c1-15(2,3)24-14(21)16(4,22)12-13(20)19(8-9-23-12)11-7-5-6-10(17)18-11/h5-7,12,22H,8-9H2,1-4H3/t12-,16+/m0/s1. The van der Waals surface area contributed by atoms with E-state index in [9.17, 15) is 14.7 Å². The number of aliphatic hydroxyl groups is 1. The number of anilines is 1. The molecule has 24 heavy (non-hydrogen) atoms. The van der Waals surface area contributed by atoms with E-state index in [-0.39, 0.29) is 6.61 Å². The summed E-state index contributed by atoms with van der Waals surface area (Å²) < 4.78 is 11.3. The molecular formula is C16H21IN2O5. The molecule has 1 aliphatic heterocycles. The van der Waals surface area contributed by atoms with Crippen molar-refractivity contribution in [3.05, 3.63) is 21.9 Å². The third-order valence-electron chi connectivity index (χ3n) is 3.39. The fourth-order valence-corrected chi connectivity index (χ4v) is 2.71. The molecule has 2 atom stereocenters. The third-order valence-corrected chi connectivity index (χ3v) is 3.99. The Balaban J connectivity index is 2.24. The van der Waals surface area contributed by atoms with Gasteiger partial charge in [-0.1, -0.05) is 6.07 Å². The van der Waals surface area contributed by atoms with Crippen molar-refractivity contribution in [1.82, 2.24) is 4.98 Å². The molecule has 1 fully saturated rings. The van der Waals surface area contributed by atoms with Gasteiger partial charge in [-0.2, -0.15) is 0 Å². The van der Waals surface area contributed by atoms with Crippen LogP contribution in [0.3, 0.4) is 0 Å². The van der Waals surface area contributed by atoms with Crippen LogP contribution >= 0.6 is 22.6 Å². The Morgan fingerprint density at radius 2 is 2.08 bits per heavy atom. The first-order valence-electron chi connectivity index (χ1n) is 7.54. The van der Waals surface area contributed by atoms with Crippen molar-refractivity contribution < 1.29 is 24.2 Å². The van der Waals surface area contributed by atoms with Crippen LogP contribution in [0.2, 0.25) is 0 Å². The van der Waals surface area contributed by atoms with E-state index in [0.717, 1.165) is 3.70 Å². The van der Waals surface area contributed by atoms with Crippen LogP contribution in [0.25, 0.3) is 0 Å². The maximum absolute atomic E-state index is 12.7. The number of pyridine rings is 1. The van der Waals surface area contributed by atoms with Crippen molar-refractivity contribution >= 4 is 40.3 Å². The van der Waals surface area contributed by atoms with Crippen molar-refractivity contribution in [1.29, 1.82) is 0 Å². The van der Waals surface area contributed by atoms with E-state index in [1.807, 2.05) is 6.07 Å². The number of carbonyl (C=O) groups is 2. The number of aromatic nitrogens is 1. The van der Waals surface area contributed by atoms with Gasteiger partial charge in [-0.05, 0) is 62.4 Å². The number of amides is 1. The summed E-state index contributed by atoms with van der Waals surface area (Å²) in [6.45, 7) is 6.77. The second-order valence-electron chi connectivity index (χ2n) is 6.71. The summed E-state index contributed by atoms with van der Waals surface area (Å²) in [5, 5.41) is 10.6. The maximum atomic E-state index is 12.7. The Morgan fingerprint density at radius 3 is 2.67 bits per heavy atom. The van der Waals surface area contributed by atoms with E-state index in [4.69, 9.17) is 9.47 Å². The molecule has 1 N–H and O–H groups in total. The van der Waals surface area contributed by atoms with E-state index < -0.39 is 29.2 Å². The van der Waals surface area contributed by atoms with Crippen LogP contribution in [0.4, 0.5) is 5.82 Å². The molecule has 132 valence electrons. The molecule has 0 saturated carbocycles. The number of rotatable bonds is 3. The molecule has 0 aliphatic carbocycles. The highest BCUT2D eigenvalue weighted by Crippen LogP contribution is 2.26. The molecule has 1 aliphatic rings. The zero-order valence-corrected chi connectivity index (χ0v) is 16.2. The lowest BCUT2D eigenvalue weighted by Gasteiger charge is -2.38. The normalized spacial score (nSPS) is 21.3. The van der Waals surface area contributed by atoms with Gasteiger partial charge in [0.15, 0.2) is 11.7 Å². The van der Waals surface area contributed by atoms with Gasteiger partial charge < -0.3 is 14.6 Å². The highest BCUT2D eigenvalue weighted by atomic mass is 127. The van der Waals surface area contributed by atoms with Crippen molar-refractivity contribution in [3.8, 4) is 0 Å². The molecule has 2 heterocycles. The van der Waals surface area contributed by atoms with Gasteiger partial charge in [0.05, 0.1) is 13.2 Å². The third kappa shape index (κ3) is 4.22. The number of carbonyl (C=O) groups excluding carboxylic acids is 2. The van der Waals surface area contributed by atoms with Crippen LogP contribution in [0.15, 0.2) is 18.2 Å². The Kier molecular flexibility index (Phi) is 5.50. The van der Waals surface area contributed by atoms with E-state index >= 15 is 0 Å². The molecule has 1 saturated heterocycles. The first-order valence-corrected chi connectivity index (χ1v) is 8.61. The second kappa shape index (κ2) is 6.93. The van der Waals surface area contributed by atoms with Crippen molar-refractivity contribution in [2.45, 2.75) is 45.0 Å². The molecule has 7 nitrogen and oxygen atoms in total. The summed E-state index contributed by atoms with van der Waals surface area (Å²) in [6.07, 6.45) is -1.35. The lowest BCUT2D eigenvalue weighted by atomic mass is 9.96. The summed E-state index contributed by atoms with van der Waals surface area (Å²) >= 11 is 2.05. The minimum absolute atomic E-state index is 0.183. The molecule has 1 aromatic rings. The SMILES string of the molecule is CC(C)(C)OC(=O)[C@](C)(O)[C@H]1OCCN(c2cccc(I)n2)C1=O. The van der Waals surface area contributed by atoms with Crippen molar-refractivity contribution in [2.75, 3.05) is 18.1 Å². The lowest BCUT2D eigenvalue weighted by Crippen LogP contribution is -2.61. The number of morpholine rings is 1. The molecule has 8 heteroatoms. The van der Waals surface area contributed by atoms with E-state index in [1.54, 1.807) is 32.9 Å². The van der Waals surface area contributed by atoms with Crippen LogP contribution < -0.4 is 4.90 Å². The average Bonchev–Trinajstić information content (AvgIpc) is 2.45. The molecule has 1 amide bonds. The van der Waals surface area contributed by atoms with Gasteiger partial charge in [-0.25, -0.2) is 9.78 Å². The second-order valence-corrected chi connectivity index (χ2v) is 7.81.